The number of hydrogen-bond acceptors (Lipinski definition) is 4. The van der Waals surface area contributed by atoms with Gasteiger partial charge in [0.15, 0.2) is 5.13 Å². The Morgan fingerprint density at radius 1 is 1.38 bits per heavy atom. The van der Waals surface area contributed by atoms with Crippen molar-refractivity contribution in [1.29, 1.82) is 0 Å². The Kier molecular flexibility index (Phi) is 4.12. The van der Waals surface area contributed by atoms with Gasteiger partial charge in [0.05, 0.1) is 17.8 Å². The molecule has 0 saturated carbocycles. The topological polar surface area (TPSA) is 51.2 Å². The molecule has 1 N–H and O–H groups in total. The first-order valence-corrected chi connectivity index (χ1v) is 8.00. The molecular formula is C15H15ClN2O2S. The number of nitrogens with one attached hydrogen (secondary N) is 1. The second-order valence-electron chi connectivity index (χ2n) is 4.90. The van der Waals surface area contributed by atoms with Gasteiger partial charge in [-0.25, -0.2) is 4.98 Å². The number of nitrogens with zero attached hydrogens (tertiary/aromatic N) is 1. The van der Waals surface area contributed by atoms with E-state index in [0.717, 1.165) is 18.5 Å². The Labute approximate surface area is 132 Å². The van der Waals surface area contributed by atoms with E-state index in [4.69, 9.17) is 16.3 Å². The average Bonchev–Trinajstić information content (AvgIpc) is 2.89. The lowest BCUT2D eigenvalue weighted by Crippen LogP contribution is -2.11. The minimum Gasteiger partial charge on any atom is -0.495 e. The van der Waals surface area contributed by atoms with E-state index >= 15 is 0 Å². The summed E-state index contributed by atoms with van der Waals surface area (Å²) in [5.74, 6) is 0.351. The van der Waals surface area contributed by atoms with E-state index < -0.39 is 0 Å². The first-order valence-electron chi connectivity index (χ1n) is 6.81. The first-order chi connectivity index (χ1) is 10.2. The monoisotopic (exact) mass is 322 g/mol. The predicted octanol–water partition coefficient (Wildman–Crippen LogP) is 3.94. The quantitative estimate of drug-likeness (QED) is 0.931. The molecule has 0 fully saturated rings. The molecule has 1 amide bonds. The van der Waals surface area contributed by atoms with Crippen LogP contribution in [0.3, 0.4) is 0 Å². The third-order valence-corrected chi connectivity index (χ3v) is 4.85. The Morgan fingerprint density at radius 3 is 2.90 bits per heavy atom. The van der Waals surface area contributed by atoms with Crippen LogP contribution in [-0.4, -0.2) is 18.0 Å². The Morgan fingerprint density at radius 2 is 2.19 bits per heavy atom. The number of methoxy groups -OCH3 is 1. The highest BCUT2D eigenvalue weighted by molar-refractivity contribution is 7.15. The number of carbonyl (C=O) groups is 1. The summed E-state index contributed by atoms with van der Waals surface area (Å²) in [6, 6.07) is 4.97. The number of thiazole rings is 1. The molecule has 1 aliphatic carbocycles. The zero-order valence-electron chi connectivity index (χ0n) is 11.6. The molecule has 4 nitrogen and oxygen atoms in total. The van der Waals surface area contributed by atoms with E-state index in [2.05, 4.69) is 10.3 Å². The minimum atomic E-state index is -0.203. The molecule has 2 aromatic rings. The molecule has 0 unspecified atom stereocenters. The van der Waals surface area contributed by atoms with Gasteiger partial charge in [0, 0.05) is 10.4 Å². The molecule has 1 aliphatic rings. The Bertz CT molecular complexity index is 661. The number of aromatic nitrogens is 1. The van der Waals surface area contributed by atoms with E-state index in [1.54, 1.807) is 36.6 Å². The van der Waals surface area contributed by atoms with Crippen molar-refractivity contribution in [2.45, 2.75) is 25.7 Å². The van der Waals surface area contributed by atoms with E-state index in [0.29, 0.717) is 21.5 Å². The van der Waals surface area contributed by atoms with Crippen LogP contribution in [0.25, 0.3) is 0 Å². The number of amides is 1. The van der Waals surface area contributed by atoms with Gasteiger partial charge in [-0.2, -0.15) is 0 Å². The first kappa shape index (κ1) is 14.4. The molecule has 1 aromatic carbocycles. The zero-order valence-corrected chi connectivity index (χ0v) is 13.2. The van der Waals surface area contributed by atoms with Crippen molar-refractivity contribution in [2.75, 3.05) is 12.4 Å². The molecule has 1 aromatic heterocycles. The lowest BCUT2D eigenvalue weighted by atomic mass is 10.0. The fourth-order valence-corrected chi connectivity index (χ4v) is 3.68. The number of halogens is 1. The molecule has 3 rings (SSSR count). The van der Waals surface area contributed by atoms with Crippen molar-refractivity contribution in [3.63, 3.8) is 0 Å². The molecular weight excluding hydrogens is 308 g/mol. The van der Waals surface area contributed by atoms with Crippen molar-refractivity contribution in [2.24, 2.45) is 0 Å². The van der Waals surface area contributed by atoms with Crippen LogP contribution in [0.2, 0.25) is 5.02 Å². The van der Waals surface area contributed by atoms with Gasteiger partial charge in [0.2, 0.25) is 0 Å². The van der Waals surface area contributed by atoms with Crippen molar-refractivity contribution in [3.8, 4) is 5.75 Å². The molecule has 6 heteroatoms. The summed E-state index contributed by atoms with van der Waals surface area (Å²) in [4.78, 5) is 18.0. The molecule has 1 heterocycles. The van der Waals surface area contributed by atoms with Crippen LogP contribution in [0.5, 0.6) is 5.75 Å². The summed E-state index contributed by atoms with van der Waals surface area (Å²) in [6.45, 7) is 0. The number of hydrogen-bond donors (Lipinski definition) is 1. The largest absolute Gasteiger partial charge is 0.495 e. The summed E-state index contributed by atoms with van der Waals surface area (Å²) >= 11 is 7.61. The smallest absolute Gasteiger partial charge is 0.257 e. The van der Waals surface area contributed by atoms with Crippen LogP contribution in [-0.2, 0) is 12.8 Å². The fourth-order valence-electron chi connectivity index (χ4n) is 2.38. The van der Waals surface area contributed by atoms with Crippen LogP contribution in [0.15, 0.2) is 18.2 Å². The predicted molar refractivity (Wildman–Crippen MR) is 84.7 cm³/mol. The van der Waals surface area contributed by atoms with E-state index in [1.165, 1.54) is 17.7 Å². The van der Waals surface area contributed by atoms with E-state index in [1.807, 2.05) is 0 Å². The van der Waals surface area contributed by atoms with Crippen LogP contribution in [0.1, 0.15) is 33.8 Å². The lowest BCUT2D eigenvalue weighted by molar-refractivity contribution is 0.102. The van der Waals surface area contributed by atoms with Crippen LogP contribution < -0.4 is 10.1 Å². The molecule has 0 spiro atoms. The number of rotatable bonds is 3. The maximum absolute atomic E-state index is 12.2. The van der Waals surface area contributed by atoms with Crippen LogP contribution in [0.4, 0.5) is 5.13 Å². The fraction of sp³-hybridized carbons (Fsp3) is 0.333. The van der Waals surface area contributed by atoms with Crippen molar-refractivity contribution in [1.82, 2.24) is 4.98 Å². The summed E-state index contributed by atoms with van der Waals surface area (Å²) in [5.41, 5.74) is 1.63. The highest BCUT2D eigenvalue weighted by Gasteiger charge is 2.17. The van der Waals surface area contributed by atoms with Gasteiger partial charge in [-0.15, -0.1) is 11.3 Å². The highest BCUT2D eigenvalue weighted by Crippen LogP contribution is 2.30. The summed E-state index contributed by atoms with van der Waals surface area (Å²) in [7, 11) is 1.54. The number of anilines is 1. The SMILES string of the molecule is COc1ccc(C(=O)Nc2nc3c(s2)CCCC3)cc1Cl. The molecule has 110 valence electrons. The number of fused-ring (bicyclic) bond motifs is 1. The maximum Gasteiger partial charge on any atom is 0.257 e. The summed E-state index contributed by atoms with van der Waals surface area (Å²) < 4.78 is 5.08. The van der Waals surface area contributed by atoms with Gasteiger partial charge < -0.3 is 4.74 Å². The molecule has 21 heavy (non-hydrogen) atoms. The second-order valence-corrected chi connectivity index (χ2v) is 6.39. The van der Waals surface area contributed by atoms with E-state index in [-0.39, 0.29) is 5.91 Å². The van der Waals surface area contributed by atoms with Gasteiger partial charge in [-0.3, -0.25) is 10.1 Å². The number of ether oxygens (including phenoxy) is 1. The highest BCUT2D eigenvalue weighted by atomic mass is 35.5. The van der Waals surface area contributed by atoms with Gasteiger partial charge in [-0.1, -0.05) is 11.6 Å². The van der Waals surface area contributed by atoms with Gasteiger partial charge in [0.25, 0.3) is 5.91 Å². The van der Waals surface area contributed by atoms with Gasteiger partial charge >= 0.3 is 0 Å². The minimum absolute atomic E-state index is 0.203. The van der Waals surface area contributed by atoms with Crippen molar-refractivity contribution in [3.05, 3.63) is 39.4 Å². The molecule has 0 bridgehead atoms. The Balaban J connectivity index is 1.76. The molecule has 0 saturated heterocycles. The number of benzene rings is 1. The summed E-state index contributed by atoms with van der Waals surface area (Å²) in [6.07, 6.45) is 4.46. The third kappa shape index (κ3) is 3.04. The zero-order chi connectivity index (χ0) is 14.8. The standard InChI is InChI=1S/C15H15ClN2O2S/c1-20-12-7-6-9(8-10(12)16)14(19)18-15-17-11-4-2-3-5-13(11)21-15/h6-8H,2-5H2,1H3,(H,17,18,19). The Hall–Kier alpha value is -1.59. The van der Waals surface area contributed by atoms with Gasteiger partial charge in [-0.05, 0) is 43.9 Å². The van der Waals surface area contributed by atoms with Crippen LogP contribution in [0, 0.1) is 0 Å². The van der Waals surface area contributed by atoms with Crippen molar-refractivity contribution < 1.29 is 9.53 Å². The van der Waals surface area contributed by atoms with Crippen LogP contribution >= 0.6 is 22.9 Å². The maximum atomic E-state index is 12.2. The lowest BCUT2D eigenvalue weighted by Gasteiger charge is -2.06. The molecule has 0 radical (unpaired) electrons. The molecule has 0 aliphatic heterocycles. The number of carbonyl (C=O) groups excluding carboxylic acids is 1. The second kappa shape index (κ2) is 6.03. The molecule has 0 atom stereocenters. The average molecular weight is 323 g/mol. The van der Waals surface area contributed by atoms with E-state index in [9.17, 15) is 4.79 Å². The third-order valence-electron chi connectivity index (χ3n) is 3.48. The van der Waals surface area contributed by atoms with Crippen molar-refractivity contribution >= 4 is 34.0 Å². The summed E-state index contributed by atoms with van der Waals surface area (Å²) in [5, 5.41) is 3.93. The van der Waals surface area contributed by atoms with Gasteiger partial charge in [0.1, 0.15) is 5.75 Å². The number of aryl methyl sites for hydroxylation is 2. The normalized spacial score (nSPS) is 13.6.